The lowest BCUT2D eigenvalue weighted by Gasteiger charge is -2.03. The summed E-state index contributed by atoms with van der Waals surface area (Å²) in [6.07, 6.45) is 0. The number of esters is 1. The number of carbonyl (C=O) groups excluding carboxylic acids is 1. The number of nitrogens with zero attached hydrogens (tertiary/aromatic N) is 1. The number of hydrogen-bond acceptors (Lipinski definition) is 3. The van der Waals surface area contributed by atoms with Crippen molar-refractivity contribution in [1.82, 2.24) is 0 Å². The second-order valence-electron chi connectivity index (χ2n) is 2.42. The third-order valence-electron chi connectivity index (χ3n) is 1.56. The Kier molecular flexibility index (Phi) is 3.20. The molecule has 0 saturated heterocycles. The highest BCUT2D eigenvalue weighted by atomic mass is 79.9. The SMILES string of the molecule is COC(=O)c1cc(C#N)cc(Br)c1F. The zero-order valence-corrected chi connectivity index (χ0v) is 8.76. The molecule has 0 aliphatic rings. The van der Waals surface area contributed by atoms with E-state index in [4.69, 9.17) is 5.26 Å². The van der Waals surface area contributed by atoms with Crippen LogP contribution in [0.2, 0.25) is 0 Å². The summed E-state index contributed by atoms with van der Waals surface area (Å²) in [7, 11) is 1.15. The molecule has 1 rings (SSSR count). The second kappa shape index (κ2) is 4.20. The second-order valence-corrected chi connectivity index (χ2v) is 3.28. The number of methoxy groups -OCH3 is 1. The van der Waals surface area contributed by atoms with Crippen LogP contribution in [0.3, 0.4) is 0 Å². The highest BCUT2D eigenvalue weighted by molar-refractivity contribution is 9.10. The maximum absolute atomic E-state index is 13.3. The predicted molar refractivity (Wildman–Crippen MR) is 50.2 cm³/mol. The number of nitriles is 1. The first-order valence-corrected chi connectivity index (χ1v) is 4.37. The Morgan fingerprint density at radius 3 is 2.79 bits per heavy atom. The molecule has 3 nitrogen and oxygen atoms in total. The normalized spacial score (nSPS) is 9.29. The standard InChI is InChI=1S/C9H5BrFNO2/c1-14-9(13)6-2-5(4-12)3-7(10)8(6)11/h2-3H,1H3. The van der Waals surface area contributed by atoms with Crippen molar-refractivity contribution >= 4 is 21.9 Å². The lowest BCUT2D eigenvalue weighted by Crippen LogP contribution is -2.05. The summed E-state index contributed by atoms with van der Waals surface area (Å²) in [5, 5.41) is 8.59. The van der Waals surface area contributed by atoms with Crippen molar-refractivity contribution in [3.8, 4) is 6.07 Å². The van der Waals surface area contributed by atoms with Gasteiger partial charge in [0.25, 0.3) is 0 Å². The fraction of sp³-hybridized carbons (Fsp3) is 0.111. The minimum Gasteiger partial charge on any atom is -0.465 e. The van der Waals surface area contributed by atoms with Crippen LogP contribution in [0.25, 0.3) is 0 Å². The van der Waals surface area contributed by atoms with Gasteiger partial charge in [-0.05, 0) is 28.1 Å². The Balaban J connectivity index is 3.36. The van der Waals surface area contributed by atoms with Gasteiger partial charge in [-0.1, -0.05) is 0 Å². The smallest absolute Gasteiger partial charge is 0.340 e. The summed E-state index contributed by atoms with van der Waals surface area (Å²) < 4.78 is 17.7. The molecule has 0 fully saturated rings. The number of hydrogen-bond donors (Lipinski definition) is 0. The highest BCUT2D eigenvalue weighted by Crippen LogP contribution is 2.21. The van der Waals surface area contributed by atoms with E-state index >= 15 is 0 Å². The molecule has 0 aromatic heterocycles. The Hall–Kier alpha value is -1.41. The molecule has 1 aromatic rings. The lowest BCUT2D eigenvalue weighted by molar-refractivity contribution is 0.0595. The molecule has 0 amide bonds. The molecule has 0 spiro atoms. The molecule has 14 heavy (non-hydrogen) atoms. The van der Waals surface area contributed by atoms with Gasteiger partial charge in [0.15, 0.2) is 5.82 Å². The van der Waals surface area contributed by atoms with E-state index in [1.54, 1.807) is 0 Å². The van der Waals surface area contributed by atoms with Crippen LogP contribution >= 0.6 is 15.9 Å². The molecule has 5 heteroatoms. The number of halogens is 2. The van der Waals surface area contributed by atoms with Gasteiger partial charge in [0, 0.05) is 0 Å². The summed E-state index contributed by atoms with van der Waals surface area (Å²) in [5.74, 6) is -1.53. The van der Waals surface area contributed by atoms with Crippen molar-refractivity contribution < 1.29 is 13.9 Å². The quantitative estimate of drug-likeness (QED) is 0.726. The number of rotatable bonds is 1. The fourth-order valence-corrected chi connectivity index (χ4v) is 1.37. The molecule has 0 N–H and O–H groups in total. The molecule has 0 radical (unpaired) electrons. The maximum Gasteiger partial charge on any atom is 0.340 e. The van der Waals surface area contributed by atoms with E-state index in [9.17, 15) is 9.18 Å². The molecular weight excluding hydrogens is 253 g/mol. The summed E-state index contributed by atoms with van der Waals surface area (Å²) in [5.41, 5.74) is -0.0582. The van der Waals surface area contributed by atoms with Gasteiger partial charge in [0.2, 0.25) is 0 Å². The van der Waals surface area contributed by atoms with Gasteiger partial charge in [-0.25, -0.2) is 9.18 Å². The molecule has 1 aromatic carbocycles. The van der Waals surface area contributed by atoms with Gasteiger partial charge in [-0.15, -0.1) is 0 Å². The van der Waals surface area contributed by atoms with Gasteiger partial charge >= 0.3 is 5.97 Å². The van der Waals surface area contributed by atoms with E-state index in [0.29, 0.717) is 0 Å². The molecule has 0 unspecified atom stereocenters. The molecule has 0 heterocycles. The van der Waals surface area contributed by atoms with Crippen LogP contribution in [0.4, 0.5) is 4.39 Å². The van der Waals surface area contributed by atoms with Crippen molar-refractivity contribution in [1.29, 1.82) is 5.26 Å². The van der Waals surface area contributed by atoms with Crippen molar-refractivity contribution in [2.45, 2.75) is 0 Å². The van der Waals surface area contributed by atoms with E-state index in [-0.39, 0.29) is 15.6 Å². The molecule has 72 valence electrons. The van der Waals surface area contributed by atoms with E-state index in [2.05, 4.69) is 20.7 Å². The molecule has 0 bridgehead atoms. The first-order chi connectivity index (χ1) is 6.60. The summed E-state index contributed by atoms with van der Waals surface area (Å²) in [6.45, 7) is 0. The largest absolute Gasteiger partial charge is 0.465 e. The van der Waals surface area contributed by atoms with Crippen molar-refractivity contribution in [2.24, 2.45) is 0 Å². The average Bonchev–Trinajstić information content (AvgIpc) is 2.20. The zero-order chi connectivity index (χ0) is 10.7. The number of ether oxygens (including phenoxy) is 1. The highest BCUT2D eigenvalue weighted by Gasteiger charge is 2.16. The van der Waals surface area contributed by atoms with Crippen molar-refractivity contribution in [3.05, 3.63) is 33.5 Å². The molecule has 0 atom stereocenters. The number of carbonyl (C=O) groups is 1. The van der Waals surface area contributed by atoms with Crippen LogP contribution in [0.15, 0.2) is 16.6 Å². The van der Waals surface area contributed by atoms with E-state index in [0.717, 1.165) is 13.2 Å². The van der Waals surface area contributed by atoms with Crippen molar-refractivity contribution in [3.63, 3.8) is 0 Å². The maximum atomic E-state index is 13.3. The topological polar surface area (TPSA) is 50.1 Å². The molecule has 0 aliphatic heterocycles. The third kappa shape index (κ3) is 1.91. The van der Waals surface area contributed by atoms with E-state index in [1.807, 2.05) is 6.07 Å². The zero-order valence-electron chi connectivity index (χ0n) is 7.17. The fourth-order valence-electron chi connectivity index (χ4n) is 0.912. The summed E-state index contributed by atoms with van der Waals surface area (Å²) in [6, 6.07) is 4.25. The predicted octanol–water partition coefficient (Wildman–Crippen LogP) is 2.25. The number of benzene rings is 1. The van der Waals surface area contributed by atoms with Crippen molar-refractivity contribution in [2.75, 3.05) is 7.11 Å². The lowest BCUT2D eigenvalue weighted by atomic mass is 10.1. The van der Waals surface area contributed by atoms with Gasteiger partial charge < -0.3 is 4.74 Å². The first-order valence-electron chi connectivity index (χ1n) is 3.57. The van der Waals surface area contributed by atoms with Gasteiger partial charge in [0.05, 0.1) is 28.8 Å². The Morgan fingerprint density at radius 1 is 1.64 bits per heavy atom. The van der Waals surface area contributed by atoms with Gasteiger partial charge in [-0.2, -0.15) is 5.26 Å². The minimum absolute atomic E-state index is 0.0666. The third-order valence-corrected chi connectivity index (χ3v) is 2.14. The summed E-state index contributed by atoms with van der Waals surface area (Å²) >= 11 is 2.90. The first kappa shape index (κ1) is 10.7. The van der Waals surface area contributed by atoms with E-state index < -0.39 is 11.8 Å². The van der Waals surface area contributed by atoms with Crippen LogP contribution in [0.5, 0.6) is 0 Å². The molecule has 0 aliphatic carbocycles. The Bertz CT molecular complexity index is 426. The van der Waals surface area contributed by atoms with Crippen LogP contribution < -0.4 is 0 Å². The Labute approximate surface area is 88.2 Å². The van der Waals surface area contributed by atoms with Crippen LogP contribution in [-0.2, 0) is 4.74 Å². The van der Waals surface area contributed by atoms with Crippen LogP contribution in [0, 0.1) is 17.1 Å². The van der Waals surface area contributed by atoms with Crippen LogP contribution in [0.1, 0.15) is 15.9 Å². The van der Waals surface area contributed by atoms with Gasteiger partial charge in [0.1, 0.15) is 0 Å². The van der Waals surface area contributed by atoms with E-state index in [1.165, 1.54) is 6.07 Å². The van der Waals surface area contributed by atoms with Gasteiger partial charge in [-0.3, -0.25) is 0 Å². The van der Waals surface area contributed by atoms with Crippen LogP contribution in [-0.4, -0.2) is 13.1 Å². The Morgan fingerprint density at radius 2 is 2.29 bits per heavy atom. The monoisotopic (exact) mass is 257 g/mol. The molecule has 0 saturated carbocycles. The minimum atomic E-state index is -0.805. The molecular formula is C9H5BrFNO2. The average molecular weight is 258 g/mol. The summed E-state index contributed by atoms with van der Waals surface area (Å²) in [4.78, 5) is 11.1.